The SMILES string of the molecule is CCNC(=O)c1ccc(Nc2ncc(C(F)(F)F)c(NCc3ncccc3N(C)S(C)(=O)=O)n2)cc1. The Hall–Kier alpha value is -3.94. The maximum absolute atomic E-state index is 13.6. The van der Waals surface area contributed by atoms with Gasteiger partial charge in [-0.3, -0.25) is 14.1 Å². The van der Waals surface area contributed by atoms with Crippen LogP contribution in [-0.4, -0.2) is 49.1 Å². The number of amides is 1. The van der Waals surface area contributed by atoms with Crippen LogP contribution >= 0.6 is 0 Å². The molecular weight excluding hydrogens is 499 g/mol. The molecule has 0 aliphatic rings. The first kappa shape index (κ1) is 26.7. The number of halogens is 3. The fourth-order valence-electron chi connectivity index (χ4n) is 3.08. The first-order valence-electron chi connectivity index (χ1n) is 10.6. The maximum atomic E-state index is 13.6. The van der Waals surface area contributed by atoms with Crippen molar-refractivity contribution >= 4 is 39.1 Å². The largest absolute Gasteiger partial charge is 0.421 e. The molecule has 0 atom stereocenters. The predicted molar refractivity (Wildman–Crippen MR) is 130 cm³/mol. The van der Waals surface area contributed by atoms with E-state index in [1.165, 1.54) is 25.4 Å². The predicted octanol–water partition coefficient (Wildman–Crippen LogP) is 3.39. The number of hydrogen-bond donors (Lipinski definition) is 3. The zero-order valence-electron chi connectivity index (χ0n) is 19.6. The minimum atomic E-state index is -4.74. The molecular formula is C22H24F3N7O3S. The average molecular weight is 524 g/mol. The van der Waals surface area contributed by atoms with Gasteiger partial charge in [-0.1, -0.05) is 0 Å². The molecule has 1 amide bonds. The maximum Gasteiger partial charge on any atom is 0.421 e. The van der Waals surface area contributed by atoms with Crippen LogP contribution in [-0.2, 0) is 22.7 Å². The van der Waals surface area contributed by atoms with E-state index in [-0.39, 0.29) is 29.8 Å². The smallest absolute Gasteiger partial charge is 0.364 e. The Morgan fingerprint density at radius 3 is 2.42 bits per heavy atom. The molecule has 0 unspecified atom stereocenters. The average Bonchev–Trinajstić information content (AvgIpc) is 2.82. The number of alkyl halides is 3. The molecule has 10 nitrogen and oxygen atoms in total. The van der Waals surface area contributed by atoms with Gasteiger partial charge in [-0.15, -0.1) is 0 Å². The quantitative estimate of drug-likeness (QED) is 0.389. The molecule has 2 heterocycles. The summed E-state index contributed by atoms with van der Waals surface area (Å²) in [5.74, 6) is -0.889. The lowest BCUT2D eigenvalue weighted by atomic mass is 10.2. The van der Waals surface area contributed by atoms with Gasteiger partial charge in [0.25, 0.3) is 5.91 Å². The Bertz CT molecular complexity index is 1330. The normalized spacial score (nSPS) is 11.6. The van der Waals surface area contributed by atoms with Gasteiger partial charge in [0, 0.05) is 37.2 Å². The van der Waals surface area contributed by atoms with Crippen LogP contribution in [0.15, 0.2) is 48.8 Å². The van der Waals surface area contributed by atoms with Gasteiger partial charge in [-0.05, 0) is 43.3 Å². The van der Waals surface area contributed by atoms with Gasteiger partial charge in [0.1, 0.15) is 11.4 Å². The number of sulfonamides is 1. The van der Waals surface area contributed by atoms with E-state index in [0.717, 1.165) is 10.6 Å². The van der Waals surface area contributed by atoms with Crippen molar-refractivity contribution in [3.63, 3.8) is 0 Å². The zero-order valence-corrected chi connectivity index (χ0v) is 20.4. The summed E-state index contributed by atoms with van der Waals surface area (Å²) in [4.78, 5) is 23.7. The summed E-state index contributed by atoms with van der Waals surface area (Å²) >= 11 is 0. The third-order valence-corrected chi connectivity index (χ3v) is 6.15. The molecule has 0 saturated carbocycles. The van der Waals surface area contributed by atoms with Crippen molar-refractivity contribution in [2.75, 3.05) is 34.8 Å². The van der Waals surface area contributed by atoms with Crippen LogP contribution < -0.4 is 20.3 Å². The number of nitrogens with one attached hydrogen (secondary N) is 3. The van der Waals surface area contributed by atoms with E-state index >= 15 is 0 Å². The number of nitrogens with zero attached hydrogens (tertiary/aromatic N) is 4. The second kappa shape index (κ2) is 10.8. The second-order valence-corrected chi connectivity index (χ2v) is 9.58. The Kier molecular flexibility index (Phi) is 7.97. The summed E-state index contributed by atoms with van der Waals surface area (Å²) in [6, 6.07) is 9.26. The monoisotopic (exact) mass is 523 g/mol. The van der Waals surface area contributed by atoms with Crippen LogP contribution in [0, 0.1) is 0 Å². The van der Waals surface area contributed by atoms with Gasteiger partial charge in [0.05, 0.1) is 24.2 Å². The lowest BCUT2D eigenvalue weighted by Gasteiger charge is -2.20. The highest BCUT2D eigenvalue weighted by Gasteiger charge is 2.35. The lowest BCUT2D eigenvalue weighted by Crippen LogP contribution is -2.26. The van der Waals surface area contributed by atoms with E-state index < -0.39 is 27.6 Å². The van der Waals surface area contributed by atoms with Crippen LogP contribution in [0.4, 0.5) is 36.3 Å². The van der Waals surface area contributed by atoms with Crippen LogP contribution in [0.5, 0.6) is 0 Å². The summed E-state index contributed by atoms with van der Waals surface area (Å²) in [5, 5.41) is 8.07. The molecule has 0 radical (unpaired) electrons. The van der Waals surface area contributed by atoms with Crippen LogP contribution in [0.2, 0.25) is 0 Å². The number of pyridine rings is 1. The minimum Gasteiger partial charge on any atom is -0.364 e. The van der Waals surface area contributed by atoms with Gasteiger partial charge < -0.3 is 16.0 Å². The van der Waals surface area contributed by atoms with Crippen LogP contribution in [0.1, 0.15) is 28.5 Å². The van der Waals surface area contributed by atoms with Crippen molar-refractivity contribution in [1.82, 2.24) is 20.3 Å². The standard InChI is InChI=1S/C22H24F3N7O3S/c1-4-26-20(33)14-7-9-15(10-8-14)30-21-29-12-16(22(23,24)25)19(31-21)28-13-17-18(6-5-11-27-17)32(2)36(3,34)35/h5-12H,4,13H2,1-3H3,(H,26,33)(H2,28,29,30,31). The molecule has 3 N–H and O–H groups in total. The molecule has 192 valence electrons. The summed E-state index contributed by atoms with van der Waals surface area (Å²) in [7, 11) is -2.30. The van der Waals surface area contributed by atoms with E-state index in [0.29, 0.717) is 24.0 Å². The fraction of sp³-hybridized carbons (Fsp3) is 0.273. The topological polar surface area (TPSA) is 129 Å². The molecule has 0 spiro atoms. The molecule has 14 heteroatoms. The molecule has 3 aromatic rings. The summed E-state index contributed by atoms with van der Waals surface area (Å²) in [6.45, 7) is 2.02. The molecule has 1 aromatic carbocycles. The minimum absolute atomic E-state index is 0.120. The van der Waals surface area contributed by atoms with Gasteiger partial charge in [-0.2, -0.15) is 18.2 Å². The van der Waals surface area contributed by atoms with Gasteiger partial charge >= 0.3 is 6.18 Å². The van der Waals surface area contributed by atoms with E-state index in [9.17, 15) is 26.4 Å². The number of rotatable bonds is 9. The highest BCUT2D eigenvalue weighted by molar-refractivity contribution is 7.92. The van der Waals surface area contributed by atoms with Gasteiger partial charge in [-0.25, -0.2) is 13.4 Å². The zero-order chi connectivity index (χ0) is 26.5. The Balaban J connectivity index is 1.86. The molecule has 36 heavy (non-hydrogen) atoms. The van der Waals surface area contributed by atoms with E-state index in [4.69, 9.17) is 0 Å². The number of benzene rings is 1. The second-order valence-electron chi connectivity index (χ2n) is 7.57. The number of carbonyl (C=O) groups excluding carboxylic acids is 1. The highest BCUT2D eigenvalue weighted by Crippen LogP contribution is 2.34. The first-order valence-corrected chi connectivity index (χ1v) is 12.5. The summed E-state index contributed by atoms with van der Waals surface area (Å²) in [6.07, 6.45) is -1.70. The van der Waals surface area contributed by atoms with Crippen molar-refractivity contribution in [3.8, 4) is 0 Å². The number of carbonyl (C=O) groups is 1. The lowest BCUT2D eigenvalue weighted by molar-refractivity contribution is -0.137. The molecule has 0 aliphatic carbocycles. The van der Waals surface area contributed by atoms with Crippen molar-refractivity contribution in [2.45, 2.75) is 19.6 Å². The Labute approximate surface area is 206 Å². The third-order valence-electron chi connectivity index (χ3n) is 4.96. The molecule has 2 aromatic heterocycles. The molecule has 0 fully saturated rings. The number of aromatic nitrogens is 3. The van der Waals surface area contributed by atoms with Gasteiger partial charge in [0.15, 0.2) is 0 Å². The highest BCUT2D eigenvalue weighted by atomic mass is 32.2. The molecule has 0 aliphatic heterocycles. The Morgan fingerprint density at radius 1 is 1.11 bits per heavy atom. The fourth-order valence-corrected chi connectivity index (χ4v) is 3.60. The van der Waals surface area contributed by atoms with Crippen molar-refractivity contribution < 1.29 is 26.4 Å². The third kappa shape index (κ3) is 6.59. The number of anilines is 4. The number of hydrogen-bond acceptors (Lipinski definition) is 8. The van der Waals surface area contributed by atoms with E-state index in [1.807, 2.05) is 0 Å². The van der Waals surface area contributed by atoms with Crippen molar-refractivity contribution in [3.05, 3.63) is 65.6 Å². The van der Waals surface area contributed by atoms with Crippen LogP contribution in [0.3, 0.4) is 0 Å². The molecule has 3 rings (SSSR count). The summed E-state index contributed by atoms with van der Waals surface area (Å²) < 4.78 is 65.6. The molecule has 0 saturated heterocycles. The van der Waals surface area contributed by atoms with E-state index in [2.05, 4.69) is 30.9 Å². The molecule has 0 bridgehead atoms. The van der Waals surface area contributed by atoms with E-state index in [1.54, 1.807) is 31.2 Å². The van der Waals surface area contributed by atoms with Crippen molar-refractivity contribution in [2.24, 2.45) is 0 Å². The van der Waals surface area contributed by atoms with Crippen LogP contribution in [0.25, 0.3) is 0 Å². The summed E-state index contributed by atoms with van der Waals surface area (Å²) in [5.41, 5.74) is 0.181. The Morgan fingerprint density at radius 2 is 1.81 bits per heavy atom. The first-order chi connectivity index (χ1) is 16.9. The van der Waals surface area contributed by atoms with Gasteiger partial charge in [0.2, 0.25) is 16.0 Å². The van der Waals surface area contributed by atoms with Crippen molar-refractivity contribution in [1.29, 1.82) is 0 Å².